The van der Waals surface area contributed by atoms with Gasteiger partial charge in [-0.05, 0) is 25.5 Å². The molecule has 0 aliphatic rings. The fraction of sp³-hybridized carbons (Fsp3) is 0.308. The average molecular weight is 296 g/mol. The first kappa shape index (κ1) is 14.0. The Hall–Kier alpha value is -1.46. The molecule has 0 bridgehead atoms. The van der Waals surface area contributed by atoms with Crippen LogP contribution >= 0.6 is 22.9 Å². The summed E-state index contributed by atoms with van der Waals surface area (Å²) in [7, 11) is 0. The van der Waals surface area contributed by atoms with Crippen LogP contribution in [0.3, 0.4) is 0 Å². The number of nitrogens with zero attached hydrogens (tertiary/aromatic N) is 2. The van der Waals surface area contributed by atoms with Crippen LogP contribution in [0.25, 0.3) is 0 Å². The Labute approximate surface area is 120 Å². The zero-order valence-corrected chi connectivity index (χ0v) is 12.3. The second-order valence-corrected chi connectivity index (χ2v) is 5.66. The number of aromatic nitrogens is 2. The molecule has 2 aromatic heterocycles. The van der Waals surface area contributed by atoms with Crippen LogP contribution in [0.5, 0.6) is 0 Å². The topological polar surface area (TPSA) is 54.9 Å². The molecule has 0 spiro atoms. The zero-order valence-electron chi connectivity index (χ0n) is 10.7. The third-order valence-electron chi connectivity index (χ3n) is 2.59. The summed E-state index contributed by atoms with van der Waals surface area (Å²) >= 11 is 7.44. The number of amides is 1. The Bertz CT molecular complexity index is 585. The fourth-order valence-electron chi connectivity index (χ4n) is 1.55. The lowest BCUT2D eigenvalue weighted by Crippen LogP contribution is -2.27. The summed E-state index contributed by atoms with van der Waals surface area (Å²) in [4.78, 5) is 21.5. The van der Waals surface area contributed by atoms with Gasteiger partial charge >= 0.3 is 0 Å². The predicted molar refractivity (Wildman–Crippen MR) is 76.6 cm³/mol. The predicted octanol–water partition coefficient (Wildman–Crippen LogP) is 3.24. The van der Waals surface area contributed by atoms with Gasteiger partial charge in [0.2, 0.25) is 0 Å². The Kier molecular flexibility index (Phi) is 4.50. The molecule has 0 saturated heterocycles. The molecule has 19 heavy (non-hydrogen) atoms. The maximum Gasteiger partial charge on any atom is 0.270 e. The molecular formula is C13H14ClN3OS. The molecule has 0 fully saturated rings. The minimum absolute atomic E-state index is 0.140. The number of carbonyl (C=O) groups is 1. The average Bonchev–Trinajstić information content (AvgIpc) is 2.87. The quantitative estimate of drug-likeness (QED) is 0.942. The van der Waals surface area contributed by atoms with Crippen molar-refractivity contribution in [3.8, 4) is 0 Å². The van der Waals surface area contributed by atoms with E-state index in [0.717, 1.165) is 11.4 Å². The summed E-state index contributed by atoms with van der Waals surface area (Å²) in [5.41, 5.74) is 0.312. The van der Waals surface area contributed by atoms with E-state index in [1.165, 1.54) is 11.1 Å². The molecule has 2 heterocycles. The van der Waals surface area contributed by atoms with Crippen LogP contribution in [0.1, 0.15) is 40.3 Å². The summed E-state index contributed by atoms with van der Waals surface area (Å²) in [5, 5.41) is 4.26. The van der Waals surface area contributed by atoms with Crippen molar-refractivity contribution >= 4 is 28.8 Å². The van der Waals surface area contributed by atoms with E-state index in [9.17, 15) is 4.79 Å². The Morgan fingerprint density at radius 2 is 2.32 bits per heavy atom. The van der Waals surface area contributed by atoms with Crippen LogP contribution in [0.15, 0.2) is 24.5 Å². The van der Waals surface area contributed by atoms with Gasteiger partial charge in [-0.1, -0.05) is 18.5 Å². The highest BCUT2D eigenvalue weighted by molar-refractivity contribution is 7.11. The largest absolute Gasteiger partial charge is 0.342 e. The molecule has 0 saturated carbocycles. The highest BCUT2D eigenvalue weighted by Gasteiger charge is 2.15. The number of hydrogen-bond acceptors (Lipinski definition) is 4. The third-order valence-corrected chi connectivity index (χ3v) is 4.15. The van der Waals surface area contributed by atoms with Crippen molar-refractivity contribution in [3.63, 3.8) is 0 Å². The van der Waals surface area contributed by atoms with E-state index >= 15 is 0 Å². The molecule has 1 unspecified atom stereocenters. The first-order valence-electron chi connectivity index (χ1n) is 5.97. The standard InChI is InChI=1S/C13H14ClN3OS/c1-3-10-7-16-13(19-10)8(2)17-12(18)11-6-9(14)4-5-15-11/h4-8H,3H2,1-2H3,(H,17,18). The van der Waals surface area contributed by atoms with Gasteiger partial charge < -0.3 is 5.32 Å². The van der Waals surface area contributed by atoms with Crippen molar-refractivity contribution in [2.45, 2.75) is 26.3 Å². The maximum absolute atomic E-state index is 12.0. The van der Waals surface area contributed by atoms with Gasteiger partial charge in [0.15, 0.2) is 0 Å². The molecule has 0 aromatic carbocycles. The van der Waals surface area contributed by atoms with Crippen molar-refractivity contribution in [2.75, 3.05) is 0 Å². The third kappa shape index (κ3) is 3.52. The summed E-state index contributed by atoms with van der Waals surface area (Å²) in [6.07, 6.45) is 4.31. The first-order valence-corrected chi connectivity index (χ1v) is 7.16. The van der Waals surface area contributed by atoms with E-state index in [1.54, 1.807) is 23.5 Å². The molecule has 4 nitrogen and oxygen atoms in total. The molecule has 0 radical (unpaired) electrons. The van der Waals surface area contributed by atoms with E-state index in [-0.39, 0.29) is 11.9 Å². The number of aryl methyl sites for hydroxylation is 1. The molecular weight excluding hydrogens is 282 g/mol. The van der Waals surface area contributed by atoms with Crippen molar-refractivity contribution in [1.29, 1.82) is 0 Å². The summed E-state index contributed by atoms with van der Waals surface area (Å²) in [5.74, 6) is -0.247. The van der Waals surface area contributed by atoms with Gasteiger partial charge in [-0.25, -0.2) is 4.98 Å². The van der Waals surface area contributed by atoms with Crippen LogP contribution in [-0.4, -0.2) is 15.9 Å². The molecule has 0 aliphatic carbocycles. The normalized spacial score (nSPS) is 12.2. The highest BCUT2D eigenvalue weighted by Crippen LogP contribution is 2.20. The van der Waals surface area contributed by atoms with Gasteiger partial charge in [-0.2, -0.15) is 0 Å². The highest BCUT2D eigenvalue weighted by atomic mass is 35.5. The van der Waals surface area contributed by atoms with Crippen LogP contribution in [0, 0.1) is 0 Å². The number of pyridine rings is 1. The van der Waals surface area contributed by atoms with Gasteiger partial charge in [0.1, 0.15) is 10.7 Å². The molecule has 2 rings (SSSR count). The minimum atomic E-state index is -0.247. The molecule has 1 amide bonds. The van der Waals surface area contributed by atoms with E-state index in [1.807, 2.05) is 13.1 Å². The van der Waals surface area contributed by atoms with E-state index in [0.29, 0.717) is 10.7 Å². The summed E-state index contributed by atoms with van der Waals surface area (Å²) in [6.45, 7) is 3.98. The summed E-state index contributed by atoms with van der Waals surface area (Å²) in [6, 6.07) is 3.04. The van der Waals surface area contributed by atoms with Gasteiger partial charge in [-0.15, -0.1) is 11.3 Å². The maximum atomic E-state index is 12.0. The molecule has 1 atom stereocenters. The van der Waals surface area contributed by atoms with Crippen molar-refractivity contribution in [2.24, 2.45) is 0 Å². The van der Waals surface area contributed by atoms with Gasteiger partial charge in [-0.3, -0.25) is 9.78 Å². The number of rotatable bonds is 4. The van der Waals surface area contributed by atoms with Crippen LogP contribution in [0.2, 0.25) is 5.02 Å². The van der Waals surface area contributed by atoms with Crippen molar-refractivity contribution in [1.82, 2.24) is 15.3 Å². The van der Waals surface area contributed by atoms with E-state index in [4.69, 9.17) is 11.6 Å². The lowest BCUT2D eigenvalue weighted by Gasteiger charge is -2.10. The Balaban J connectivity index is 2.06. The Morgan fingerprint density at radius 1 is 1.53 bits per heavy atom. The molecule has 1 N–H and O–H groups in total. The van der Waals surface area contributed by atoms with Crippen LogP contribution < -0.4 is 5.32 Å². The molecule has 100 valence electrons. The molecule has 2 aromatic rings. The van der Waals surface area contributed by atoms with Gasteiger partial charge in [0.05, 0.1) is 6.04 Å². The van der Waals surface area contributed by atoms with Gasteiger partial charge in [0, 0.05) is 22.3 Å². The smallest absolute Gasteiger partial charge is 0.270 e. The van der Waals surface area contributed by atoms with Gasteiger partial charge in [0.25, 0.3) is 5.91 Å². The minimum Gasteiger partial charge on any atom is -0.342 e. The second kappa shape index (κ2) is 6.12. The second-order valence-electron chi connectivity index (χ2n) is 4.07. The van der Waals surface area contributed by atoms with E-state index in [2.05, 4.69) is 22.2 Å². The molecule has 0 aliphatic heterocycles. The summed E-state index contributed by atoms with van der Waals surface area (Å²) < 4.78 is 0. The van der Waals surface area contributed by atoms with Crippen molar-refractivity contribution < 1.29 is 4.79 Å². The molecule has 6 heteroatoms. The fourth-order valence-corrected chi connectivity index (χ4v) is 2.57. The Morgan fingerprint density at radius 3 is 2.95 bits per heavy atom. The number of carbonyl (C=O) groups excluding carboxylic acids is 1. The lowest BCUT2D eigenvalue weighted by molar-refractivity contribution is 0.0935. The number of nitrogens with one attached hydrogen (secondary N) is 1. The van der Waals surface area contributed by atoms with Crippen LogP contribution in [-0.2, 0) is 6.42 Å². The lowest BCUT2D eigenvalue weighted by atomic mass is 10.3. The number of hydrogen-bond donors (Lipinski definition) is 1. The van der Waals surface area contributed by atoms with Crippen LogP contribution in [0.4, 0.5) is 0 Å². The number of thiazole rings is 1. The SMILES string of the molecule is CCc1cnc(C(C)NC(=O)c2cc(Cl)ccn2)s1. The first-order chi connectivity index (χ1) is 9.10. The monoisotopic (exact) mass is 295 g/mol. The van der Waals surface area contributed by atoms with Crippen molar-refractivity contribution in [3.05, 3.63) is 45.1 Å². The zero-order chi connectivity index (χ0) is 13.8. The number of halogens is 1. The van der Waals surface area contributed by atoms with E-state index < -0.39 is 0 Å².